The maximum Gasteiger partial charge on any atom is 0.127 e. The number of rotatable bonds is 5. The van der Waals surface area contributed by atoms with Gasteiger partial charge in [0.25, 0.3) is 0 Å². The van der Waals surface area contributed by atoms with Crippen LogP contribution in [0.15, 0.2) is 12.1 Å². The van der Waals surface area contributed by atoms with Gasteiger partial charge in [-0.05, 0) is 24.5 Å². The zero-order valence-corrected chi connectivity index (χ0v) is 12.4. The van der Waals surface area contributed by atoms with Gasteiger partial charge in [-0.3, -0.25) is 0 Å². The van der Waals surface area contributed by atoms with Crippen LogP contribution in [0.4, 0.5) is 4.39 Å². The molecule has 1 saturated carbocycles. The summed E-state index contributed by atoms with van der Waals surface area (Å²) < 4.78 is 24.4. The first-order chi connectivity index (χ1) is 9.66. The van der Waals surface area contributed by atoms with E-state index >= 15 is 0 Å². The molecule has 4 heteroatoms. The van der Waals surface area contributed by atoms with Crippen molar-refractivity contribution < 1.29 is 13.9 Å². The van der Waals surface area contributed by atoms with Gasteiger partial charge in [0.1, 0.15) is 11.6 Å². The quantitative estimate of drug-likeness (QED) is 0.901. The van der Waals surface area contributed by atoms with Crippen LogP contribution in [0.5, 0.6) is 5.75 Å². The Hall–Kier alpha value is -1.13. The lowest BCUT2D eigenvalue weighted by Gasteiger charge is -2.39. The summed E-state index contributed by atoms with van der Waals surface area (Å²) in [6, 6.07) is 3.01. The molecule has 1 aliphatic rings. The Bertz CT molecular complexity index is 456. The third-order valence-corrected chi connectivity index (χ3v) is 4.40. The van der Waals surface area contributed by atoms with E-state index in [1.165, 1.54) is 12.5 Å². The highest BCUT2D eigenvalue weighted by Crippen LogP contribution is 2.44. The normalized spacial score (nSPS) is 18.0. The fraction of sp³-hybridized carbons (Fsp3) is 0.625. The Balaban J connectivity index is 2.56. The summed E-state index contributed by atoms with van der Waals surface area (Å²) in [4.78, 5) is 0. The first-order valence-corrected chi connectivity index (χ1v) is 7.23. The van der Waals surface area contributed by atoms with Crippen molar-refractivity contribution in [2.45, 2.75) is 44.1 Å². The van der Waals surface area contributed by atoms with E-state index in [1.807, 2.05) is 0 Å². The number of hydrogen-bond donors (Lipinski definition) is 1. The molecule has 1 aromatic rings. The van der Waals surface area contributed by atoms with E-state index in [0.717, 1.165) is 36.8 Å². The van der Waals surface area contributed by atoms with Gasteiger partial charge < -0.3 is 15.2 Å². The molecule has 112 valence electrons. The molecule has 2 N–H and O–H groups in total. The van der Waals surface area contributed by atoms with Gasteiger partial charge in [0.2, 0.25) is 0 Å². The van der Waals surface area contributed by atoms with Crippen LogP contribution in [0.2, 0.25) is 0 Å². The molecule has 2 rings (SSSR count). The molecule has 3 nitrogen and oxygen atoms in total. The SMILES string of the molecule is COCc1cc(F)cc(OC)c1C1(CN)CCCCC1. The summed E-state index contributed by atoms with van der Waals surface area (Å²) in [5.74, 6) is 0.310. The van der Waals surface area contributed by atoms with Crippen LogP contribution >= 0.6 is 0 Å². The van der Waals surface area contributed by atoms with Crippen LogP contribution in [-0.2, 0) is 16.8 Å². The van der Waals surface area contributed by atoms with Crippen molar-refractivity contribution in [1.82, 2.24) is 0 Å². The minimum Gasteiger partial charge on any atom is -0.496 e. The highest BCUT2D eigenvalue weighted by molar-refractivity contribution is 5.47. The second kappa shape index (κ2) is 6.55. The number of benzene rings is 1. The van der Waals surface area contributed by atoms with Gasteiger partial charge in [0, 0.05) is 30.7 Å². The van der Waals surface area contributed by atoms with Crippen molar-refractivity contribution in [1.29, 1.82) is 0 Å². The highest BCUT2D eigenvalue weighted by atomic mass is 19.1. The summed E-state index contributed by atoms with van der Waals surface area (Å²) in [5, 5.41) is 0. The number of ether oxygens (including phenoxy) is 2. The molecule has 0 radical (unpaired) electrons. The highest BCUT2D eigenvalue weighted by Gasteiger charge is 2.37. The zero-order valence-electron chi connectivity index (χ0n) is 12.4. The van der Waals surface area contributed by atoms with Crippen LogP contribution in [0.3, 0.4) is 0 Å². The summed E-state index contributed by atoms with van der Waals surface area (Å²) >= 11 is 0. The molecule has 1 fully saturated rings. The summed E-state index contributed by atoms with van der Waals surface area (Å²) in [6.07, 6.45) is 5.61. The summed E-state index contributed by atoms with van der Waals surface area (Å²) in [7, 11) is 3.21. The standard InChI is InChI=1S/C16H24FNO2/c1-19-10-12-8-13(17)9-14(20-2)15(12)16(11-18)6-4-3-5-7-16/h8-9H,3-7,10-11,18H2,1-2H3. The molecule has 0 unspecified atom stereocenters. The number of methoxy groups -OCH3 is 2. The van der Waals surface area contributed by atoms with Gasteiger partial charge in [-0.15, -0.1) is 0 Å². The molecule has 0 atom stereocenters. The second-order valence-electron chi connectivity index (χ2n) is 5.62. The number of hydrogen-bond acceptors (Lipinski definition) is 3. The second-order valence-corrected chi connectivity index (χ2v) is 5.62. The smallest absolute Gasteiger partial charge is 0.127 e. The topological polar surface area (TPSA) is 44.5 Å². The van der Waals surface area contributed by atoms with Gasteiger partial charge in [-0.1, -0.05) is 19.3 Å². The van der Waals surface area contributed by atoms with Crippen molar-refractivity contribution in [3.8, 4) is 5.75 Å². The van der Waals surface area contributed by atoms with Crippen molar-refractivity contribution in [3.05, 3.63) is 29.1 Å². The average Bonchev–Trinajstić information content (AvgIpc) is 2.47. The van der Waals surface area contributed by atoms with Crippen molar-refractivity contribution >= 4 is 0 Å². The van der Waals surface area contributed by atoms with E-state index in [2.05, 4.69) is 0 Å². The first-order valence-electron chi connectivity index (χ1n) is 7.23. The predicted octanol–water partition coefficient (Wildman–Crippen LogP) is 3.14. The fourth-order valence-corrected chi connectivity index (χ4v) is 3.45. The summed E-state index contributed by atoms with van der Waals surface area (Å²) in [5.41, 5.74) is 7.91. The third kappa shape index (κ3) is 2.81. The molecule has 1 aliphatic carbocycles. The van der Waals surface area contributed by atoms with E-state index in [0.29, 0.717) is 18.9 Å². The largest absolute Gasteiger partial charge is 0.496 e. The van der Waals surface area contributed by atoms with Crippen LogP contribution < -0.4 is 10.5 Å². The maximum atomic E-state index is 13.7. The van der Waals surface area contributed by atoms with Crippen molar-refractivity contribution in [3.63, 3.8) is 0 Å². The molecule has 0 aromatic heterocycles. The maximum absolute atomic E-state index is 13.7. The van der Waals surface area contributed by atoms with E-state index < -0.39 is 0 Å². The monoisotopic (exact) mass is 281 g/mol. The Morgan fingerprint density at radius 1 is 1.20 bits per heavy atom. The van der Waals surface area contributed by atoms with Crippen LogP contribution in [0.25, 0.3) is 0 Å². The Kier molecular flexibility index (Phi) is 5.00. The van der Waals surface area contributed by atoms with Gasteiger partial charge in [-0.25, -0.2) is 4.39 Å². The average molecular weight is 281 g/mol. The molecule has 1 aromatic carbocycles. The minimum absolute atomic E-state index is 0.106. The van der Waals surface area contributed by atoms with Crippen LogP contribution in [0.1, 0.15) is 43.2 Å². The Morgan fingerprint density at radius 2 is 1.90 bits per heavy atom. The molecule has 0 bridgehead atoms. The van der Waals surface area contributed by atoms with Crippen molar-refractivity contribution in [2.75, 3.05) is 20.8 Å². The van der Waals surface area contributed by atoms with Crippen LogP contribution in [0, 0.1) is 5.82 Å². The fourth-order valence-electron chi connectivity index (χ4n) is 3.45. The van der Waals surface area contributed by atoms with Gasteiger partial charge in [-0.2, -0.15) is 0 Å². The van der Waals surface area contributed by atoms with E-state index in [1.54, 1.807) is 20.3 Å². The molecular weight excluding hydrogens is 257 g/mol. The predicted molar refractivity (Wildman–Crippen MR) is 77.5 cm³/mol. The molecule has 0 aliphatic heterocycles. The Labute approximate surface area is 120 Å². The van der Waals surface area contributed by atoms with Gasteiger partial charge in [0.15, 0.2) is 0 Å². The van der Waals surface area contributed by atoms with E-state index in [-0.39, 0.29) is 11.2 Å². The Morgan fingerprint density at radius 3 is 2.45 bits per heavy atom. The van der Waals surface area contributed by atoms with Gasteiger partial charge in [0.05, 0.1) is 13.7 Å². The number of halogens is 1. The molecule has 0 saturated heterocycles. The lowest BCUT2D eigenvalue weighted by atomic mass is 9.68. The van der Waals surface area contributed by atoms with E-state index in [4.69, 9.17) is 15.2 Å². The van der Waals surface area contributed by atoms with Crippen LogP contribution in [-0.4, -0.2) is 20.8 Å². The molecule has 0 spiro atoms. The third-order valence-electron chi connectivity index (χ3n) is 4.40. The lowest BCUT2D eigenvalue weighted by Crippen LogP contribution is -2.38. The summed E-state index contributed by atoms with van der Waals surface area (Å²) in [6.45, 7) is 0.941. The van der Waals surface area contributed by atoms with Gasteiger partial charge >= 0.3 is 0 Å². The first kappa shape index (κ1) is 15.3. The van der Waals surface area contributed by atoms with E-state index in [9.17, 15) is 4.39 Å². The minimum atomic E-state index is -0.291. The zero-order chi connectivity index (χ0) is 14.6. The molecule has 0 amide bonds. The molecule has 0 heterocycles. The van der Waals surface area contributed by atoms with Crippen molar-refractivity contribution in [2.24, 2.45) is 5.73 Å². The lowest BCUT2D eigenvalue weighted by molar-refractivity contribution is 0.179. The molecule has 20 heavy (non-hydrogen) atoms. The number of nitrogens with two attached hydrogens (primary N) is 1. The molecular formula is C16H24FNO2.